The van der Waals surface area contributed by atoms with Crippen molar-refractivity contribution in [1.82, 2.24) is 16.0 Å². The first-order valence-electron chi connectivity index (χ1n) is 12.9. The van der Waals surface area contributed by atoms with Crippen molar-refractivity contribution in [3.05, 3.63) is 64.2 Å². The first-order valence-corrected chi connectivity index (χ1v) is 12.9. The molecule has 0 heterocycles. The number of carbonyl (C=O) groups is 5. The maximum absolute atomic E-state index is 13.1. The van der Waals surface area contributed by atoms with Crippen LogP contribution in [0.25, 0.3) is 0 Å². The normalized spacial score (nSPS) is 11.9. The first-order chi connectivity index (χ1) is 19.8. The number of carbonyl (C=O) groups excluding carboxylic acids is 5. The van der Waals surface area contributed by atoms with Gasteiger partial charge in [0.05, 0.1) is 4.92 Å². The van der Waals surface area contributed by atoms with E-state index in [0.29, 0.717) is 17.7 Å². The number of nitro groups is 1. The van der Waals surface area contributed by atoms with Crippen molar-refractivity contribution < 1.29 is 38.4 Å². The van der Waals surface area contributed by atoms with E-state index in [-0.39, 0.29) is 42.8 Å². The fourth-order valence-electron chi connectivity index (χ4n) is 3.62. The highest BCUT2D eigenvalue weighted by Gasteiger charge is 2.28. The van der Waals surface area contributed by atoms with Crippen LogP contribution in [0, 0.1) is 16.0 Å². The number of nitrogens with one attached hydrogen (secondary N) is 4. The Kier molecular flexibility index (Phi) is 12.7. The number of hydrogen-bond donors (Lipinski definition) is 5. The zero-order valence-electron chi connectivity index (χ0n) is 23.4. The molecule has 2 rings (SSSR count). The van der Waals surface area contributed by atoms with Crippen molar-refractivity contribution in [3.8, 4) is 5.75 Å². The van der Waals surface area contributed by atoms with Crippen molar-refractivity contribution in [2.45, 2.75) is 52.3 Å². The van der Waals surface area contributed by atoms with E-state index in [1.54, 1.807) is 38.1 Å². The highest BCUT2D eigenvalue weighted by molar-refractivity contribution is 5.98. The van der Waals surface area contributed by atoms with Crippen LogP contribution in [0.3, 0.4) is 0 Å². The van der Waals surface area contributed by atoms with Crippen LogP contribution in [0.4, 0.5) is 21.0 Å². The lowest BCUT2D eigenvalue weighted by Gasteiger charge is -2.25. The van der Waals surface area contributed by atoms with Crippen LogP contribution in [-0.4, -0.2) is 53.5 Å². The molecule has 0 saturated heterocycles. The molecule has 226 valence electrons. The van der Waals surface area contributed by atoms with Crippen LogP contribution in [-0.2, 0) is 25.7 Å². The predicted octanol–water partition coefficient (Wildman–Crippen LogP) is 2.34. The maximum atomic E-state index is 13.1. The van der Waals surface area contributed by atoms with Crippen LogP contribution in [0.5, 0.6) is 5.75 Å². The van der Waals surface area contributed by atoms with Gasteiger partial charge in [-0.2, -0.15) is 0 Å². The third-order valence-electron chi connectivity index (χ3n) is 5.74. The van der Waals surface area contributed by atoms with E-state index in [9.17, 15) is 34.1 Å². The highest BCUT2D eigenvalue weighted by Crippen LogP contribution is 2.18. The SMILES string of the molecule is CC(=O)NC(C(=O)NC(CCCNC(N)=O)C(=O)Nc1ccc(COC(=O)Oc2ccc([N+](=O)[O-])cc2)cc1)C(C)C. The molecule has 0 radical (unpaired) electrons. The zero-order valence-corrected chi connectivity index (χ0v) is 23.4. The van der Waals surface area contributed by atoms with Gasteiger partial charge >= 0.3 is 12.2 Å². The lowest BCUT2D eigenvalue weighted by Crippen LogP contribution is -2.54. The molecule has 2 aromatic carbocycles. The van der Waals surface area contributed by atoms with Gasteiger partial charge in [-0.05, 0) is 48.6 Å². The second-order valence-corrected chi connectivity index (χ2v) is 9.49. The van der Waals surface area contributed by atoms with Crippen molar-refractivity contribution in [1.29, 1.82) is 0 Å². The molecule has 0 fully saturated rings. The van der Waals surface area contributed by atoms with Gasteiger partial charge < -0.3 is 36.5 Å². The minimum Gasteiger partial charge on any atom is -0.429 e. The van der Waals surface area contributed by atoms with E-state index in [4.69, 9.17) is 15.2 Å². The molecular formula is C27H34N6O9. The van der Waals surface area contributed by atoms with Crippen molar-refractivity contribution in [2.75, 3.05) is 11.9 Å². The van der Waals surface area contributed by atoms with Gasteiger partial charge in [0.1, 0.15) is 24.4 Å². The number of primary amides is 1. The van der Waals surface area contributed by atoms with E-state index in [1.807, 2.05) is 0 Å². The Morgan fingerprint density at radius 2 is 1.60 bits per heavy atom. The minimum atomic E-state index is -1.01. The van der Waals surface area contributed by atoms with Gasteiger partial charge in [-0.15, -0.1) is 0 Å². The van der Waals surface area contributed by atoms with Crippen LogP contribution >= 0.6 is 0 Å². The number of nitrogens with two attached hydrogens (primary N) is 1. The molecule has 0 spiro atoms. The quantitative estimate of drug-likeness (QED) is 0.0719. The summed E-state index contributed by atoms with van der Waals surface area (Å²) in [5.41, 5.74) is 5.90. The maximum Gasteiger partial charge on any atom is 0.514 e. The summed E-state index contributed by atoms with van der Waals surface area (Å²) in [6, 6.07) is 8.70. The molecule has 15 heteroatoms. The number of nitro benzene ring substituents is 1. The van der Waals surface area contributed by atoms with Gasteiger partial charge in [-0.25, -0.2) is 9.59 Å². The van der Waals surface area contributed by atoms with Gasteiger partial charge in [0.2, 0.25) is 17.7 Å². The molecule has 42 heavy (non-hydrogen) atoms. The monoisotopic (exact) mass is 586 g/mol. The van der Waals surface area contributed by atoms with E-state index in [1.165, 1.54) is 31.2 Å². The standard InChI is InChI=1S/C27H34N6O9/c1-16(2)23(30-17(3)34)25(36)32-22(5-4-14-29-26(28)37)24(35)31-19-8-6-18(7-9-19)15-41-27(38)42-21-12-10-20(11-13-21)33(39)40/h6-13,16,22-23H,4-5,14-15H2,1-3H3,(H,30,34)(H,31,35)(H,32,36)(H3,28,29,37). The smallest absolute Gasteiger partial charge is 0.429 e. The van der Waals surface area contributed by atoms with Gasteiger partial charge in [0.25, 0.3) is 5.69 Å². The van der Waals surface area contributed by atoms with E-state index in [0.717, 1.165) is 0 Å². The molecular weight excluding hydrogens is 552 g/mol. The van der Waals surface area contributed by atoms with Crippen LogP contribution < -0.4 is 31.7 Å². The Bertz CT molecular complexity index is 1270. The predicted molar refractivity (Wildman–Crippen MR) is 150 cm³/mol. The van der Waals surface area contributed by atoms with Crippen LogP contribution in [0.1, 0.15) is 39.2 Å². The van der Waals surface area contributed by atoms with Gasteiger partial charge in [0, 0.05) is 31.3 Å². The molecule has 2 aromatic rings. The Balaban J connectivity index is 1.97. The molecule has 0 bridgehead atoms. The Morgan fingerprint density at radius 3 is 2.14 bits per heavy atom. The number of hydrogen-bond acceptors (Lipinski definition) is 9. The third-order valence-corrected chi connectivity index (χ3v) is 5.74. The summed E-state index contributed by atoms with van der Waals surface area (Å²) in [5.74, 6) is -1.61. The van der Waals surface area contributed by atoms with Crippen LogP contribution in [0.2, 0.25) is 0 Å². The van der Waals surface area contributed by atoms with Crippen molar-refractivity contribution in [3.63, 3.8) is 0 Å². The molecule has 0 saturated carbocycles. The van der Waals surface area contributed by atoms with E-state index < -0.39 is 41.0 Å². The number of anilines is 1. The van der Waals surface area contributed by atoms with E-state index >= 15 is 0 Å². The van der Waals surface area contributed by atoms with Gasteiger partial charge in [0.15, 0.2) is 0 Å². The number of nitrogens with zero attached hydrogens (tertiary/aromatic N) is 1. The molecule has 6 N–H and O–H groups in total. The average Bonchev–Trinajstić information content (AvgIpc) is 2.92. The van der Waals surface area contributed by atoms with Gasteiger partial charge in [-0.1, -0.05) is 26.0 Å². The molecule has 0 aromatic heterocycles. The number of non-ortho nitro benzene ring substituents is 1. The lowest BCUT2D eigenvalue weighted by atomic mass is 10.0. The Labute approximate surface area is 241 Å². The molecule has 0 aliphatic heterocycles. The summed E-state index contributed by atoms with van der Waals surface area (Å²) in [7, 11) is 0. The molecule has 0 aliphatic rings. The van der Waals surface area contributed by atoms with E-state index in [2.05, 4.69) is 21.3 Å². The number of urea groups is 1. The minimum absolute atomic E-state index is 0.0764. The number of ether oxygens (including phenoxy) is 2. The van der Waals surface area contributed by atoms with Crippen LogP contribution in [0.15, 0.2) is 48.5 Å². The fraction of sp³-hybridized carbons (Fsp3) is 0.370. The second kappa shape index (κ2) is 16.2. The number of rotatable bonds is 14. The van der Waals surface area contributed by atoms with Gasteiger partial charge in [-0.3, -0.25) is 24.5 Å². The molecule has 0 aliphatic carbocycles. The molecule has 2 unspecified atom stereocenters. The number of amides is 5. The van der Waals surface area contributed by atoms with Crippen molar-refractivity contribution >= 4 is 41.3 Å². The summed E-state index contributed by atoms with van der Waals surface area (Å²) in [6.07, 6.45) is -0.504. The summed E-state index contributed by atoms with van der Waals surface area (Å²) in [4.78, 5) is 70.5. The summed E-state index contributed by atoms with van der Waals surface area (Å²) in [5, 5.41) is 21.1. The Hall–Kier alpha value is -5.21. The summed E-state index contributed by atoms with van der Waals surface area (Å²) < 4.78 is 10.0. The Morgan fingerprint density at radius 1 is 0.952 bits per heavy atom. The summed E-state index contributed by atoms with van der Waals surface area (Å²) >= 11 is 0. The second-order valence-electron chi connectivity index (χ2n) is 9.49. The highest BCUT2D eigenvalue weighted by atomic mass is 16.7. The number of benzene rings is 2. The first kappa shape index (κ1) is 33.0. The zero-order chi connectivity index (χ0) is 31.2. The molecule has 15 nitrogen and oxygen atoms in total. The molecule has 5 amide bonds. The largest absolute Gasteiger partial charge is 0.514 e. The third kappa shape index (κ3) is 11.5. The fourth-order valence-corrected chi connectivity index (χ4v) is 3.62. The lowest BCUT2D eigenvalue weighted by molar-refractivity contribution is -0.384. The topological polar surface area (TPSA) is 221 Å². The molecule has 2 atom stereocenters. The van der Waals surface area contributed by atoms with Crippen molar-refractivity contribution in [2.24, 2.45) is 11.7 Å². The summed E-state index contributed by atoms with van der Waals surface area (Å²) in [6.45, 7) is 4.85. The average molecular weight is 587 g/mol.